The first-order valence-corrected chi connectivity index (χ1v) is 9.91. The molecule has 0 aromatic heterocycles. The van der Waals surface area contributed by atoms with Crippen LogP contribution in [0.1, 0.15) is 54.4 Å². The number of ether oxygens (including phenoxy) is 2. The van der Waals surface area contributed by atoms with Crippen LogP contribution in [0.3, 0.4) is 0 Å². The van der Waals surface area contributed by atoms with Gasteiger partial charge in [-0.1, -0.05) is 20.8 Å². The van der Waals surface area contributed by atoms with E-state index in [4.69, 9.17) is 9.47 Å². The van der Waals surface area contributed by atoms with Crippen LogP contribution in [0.4, 0.5) is 4.79 Å². The fraction of sp³-hybridized carbons (Fsp3) is 0.833. The first-order valence-electron chi connectivity index (χ1n) is 8.76. The van der Waals surface area contributed by atoms with E-state index in [2.05, 4.69) is 10.6 Å². The molecule has 0 heterocycles. The zero-order chi connectivity index (χ0) is 20.4. The van der Waals surface area contributed by atoms with Gasteiger partial charge in [0.1, 0.15) is 11.6 Å². The molecular formula is C18H34N2O5S. The van der Waals surface area contributed by atoms with Crippen LogP contribution in [-0.4, -0.2) is 54.8 Å². The molecule has 0 spiro atoms. The van der Waals surface area contributed by atoms with E-state index in [1.54, 1.807) is 0 Å². The van der Waals surface area contributed by atoms with Crippen molar-refractivity contribution in [1.29, 1.82) is 0 Å². The summed E-state index contributed by atoms with van der Waals surface area (Å²) in [4.78, 5) is 35.4. The molecule has 26 heavy (non-hydrogen) atoms. The number of methoxy groups -OCH3 is 1. The highest BCUT2D eigenvalue weighted by Gasteiger charge is 2.24. The number of carbonyl (C=O) groups excluding carboxylic acids is 3. The van der Waals surface area contributed by atoms with E-state index < -0.39 is 23.7 Å². The Kier molecular flexibility index (Phi) is 10.7. The summed E-state index contributed by atoms with van der Waals surface area (Å²) >= 11 is 1.52. The minimum Gasteiger partial charge on any atom is -0.467 e. The lowest BCUT2D eigenvalue weighted by Gasteiger charge is -2.21. The molecule has 0 saturated heterocycles. The molecule has 2 N–H and O–H groups in total. The quantitative estimate of drug-likeness (QED) is 0.464. The van der Waals surface area contributed by atoms with Crippen LogP contribution in [0.25, 0.3) is 0 Å². The second-order valence-electron chi connectivity index (χ2n) is 8.24. The number of nitrogens with one attached hydrogen (secondary N) is 2. The van der Waals surface area contributed by atoms with Gasteiger partial charge in [-0.25, -0.2) is 9.59 Å². The fourth-order valence-corrected chi connectivity index (χ4v) is 2.89. The van der Waals surface area contributed by atoms with Gasteiger partial charge in [-0.3, -0.25) is 4.79 Å². The van der Waals surface area contributed by atoms with Crippen molar-refractivity contribution in [2.75, 3.05) is 25.2 Å². The Morgan fingerprint density at radius 2 is 1.69 bits per heavy atom. The van der Waals surface area contributed by atoms with E-state index in [0.717, 1.165) is 12.2 Å². The zero-order valence-electron chi connectivity index (χ0n) is 17.1. The maximum atomic E-state index is 12.0. The molecule has 1 atom stereocenters. The van der Waals surface area contributed by atoms with Crippen LogP contribution in [0.5, 0.6) is 0 Å². The van der Waals surface area contributed by atoms with E-state index in [9.17, 15) is 14.4 Å². The number of amides is 2. The molecule has 152 valence electrons. The lowest BCUT2D eigenvalue weighted by molar-refractivity contribution is -0.144. The van der Waals surface area contributed by atoms with E-state index in [1.165, 1.54) is 18.9 Å². The molecule has 0 rings (SSSR count). The van der Waals surface area contributed by atoms with Crippen LogP contribution >= 0.6 is 11.8 Å². The summed E-state index contributed by atoms with van der Waals surface area (Å²) in [5, 5.41) is 5.42. The van der Waals surface area contributed by atoms with Crippen molar-refractivity contribution in [1.82, 2.24) is 10.6 Å². The second kappa shape index (κ2) is 11.3. The molecule has 0 aromatic carbocycles. The highest BCUT2D eigenvalue weighted by molar-refractivity contribution is 7.99. The van der Waals surface area contributed by atoms with Gasteiger partial charge in [0.05, 0.1) is 7.11 Å². The molecule has 0 aliphatic rings. The third-order valence-corrected chi connectivity index (χ3v) is 4.08. The summed E-state index contributed by atoms with van der Waals surface area (Å²) in [6.07, 6.45) is 0.628. The van der Waals surface area contributed by atoms with Crippen molar-refractivity contribution < 1.29 is 23.9 Å². The van der Waals surface area contributed by atoms with Gasteiger partial charge in [0.25, 0.3) is 0 Å². The monoisotopic (exact) mass is 390 g/mol. The molecule has 0 aromatic rings. The van der Waals surface area contributed by atoms with Crippen molar-refractivity contribution in [2.45, 2.75) is 66.0 Å². The van der Waals surface area contributed by atoms with Gasteiger partial charge in [-0.05, 0) is 38.4 Å². The van der Waals surface area contributed by atoms with Crippen molar-refractivity contribution in [3.63, 3.8) is 0 Å². The highest BCUT2D eigenvalue weighted by Crippen LogP contribution is 2.18. The number of thioether (sulfide) groups is 1. The van der Waals surface area contributed by atoms with Gasteiger partial charge in [0.2, 0.25) is 5.91 Å². The third-order valence-electron chi connectivity index (χ3n) is 2.93. The Balaban J connectivity index is 4.14. The smallest absolute Gasteiger partial charge is 0.407 e. The summed E-state index contributed by atoms with van der Waals surface area (Å²) in [5.41, 5.74) is -0.664. The van der Waals surface area contributed by atoms with Crippen LogP contribution in [0, 0.1) is 5.41 Å². The minimum atomic E-state index is -0.668. The van der Waals surface area contributed by atoms with Gasteiger partial charge >= 0.3 is 12.1 Å². The molecule has 0 aliphatic carbocycles. The molecule has 7 nitrogen and oxygen atoms in total. The largest absolute Gasteiger partial charge is 0.467 e. The predicted octanol–water partition coefficient (Wildman–Crippen LogP) is 2.73. The maximum Gasteiger partial charge on any atom is 0.407 e. The van der Waals surface area contributed by atoms with Gasteiger partial charge in [0.15, 0.2) is 0 Å². The Morgan fingerprint density at radius 3 is 2.19 bits per heavy atom. The average molecular weight is 391 g/mol. The van der Waals surface area contributed by atoms with Crippen LogP contribution in [0.2, 0.25) is 0 Å². The zero-order valence-corrected chi connectivity index (χ0v) is 17.9. The second-order valence-corrected chi connectivity index (χ2v) is 9.39. The molecule has 0 fully saturated rings. The van der Waals surface area contributed by atoms with E-state index in [0.29, 0.717) is 18.7 Å². The van der Waals surface area contributed by atoms with Gasteiger partial charge in [-0.2, -0.15) is 11.8 Å². The average Bonchev–Trinajstić information content (AvgIpc) is 2.44. The van der Waals surface area contributed by atoms with Crippen molar-refractivity contribution in [2.24, 2.45) is 5.41 Å². The van der Waals surface area contributed by atoms with Crippen LogP contribution < -0.4 is 10.6 Å². The first kappa shape index (κ1) is 24.6. The Hall–Kier alpha value is -1.44. The molecule has 0 aliphatic heterocycles. The minimum absolute atomic E-state index is 0.148. The first-order chi connectivity index (χ1) is 11.8. The Labute approximate surface area is 161 Å². The van der Waals surface area contributed by atoms with Gasteiger partial charge < -0.3 is 20.1 Å². The van der Waals surface area contributed by atoms with Crippen molar-refractivity contribution in [3.8, 4) is 0 Å². The van der Waals surface area contributed by atoms with Crippen LogP contribution in [-0.2, 0) is 19.1 Å². The standard InChI is InChI=1S/C18H34N2O5S/c1-17(2,3)11-14(21)20-13(15(22)24-7)12-26-10-8-9-19-16(23)25-18(4,5)6/h13H,8-12H2,1-7H3,(H,19,23)(H,20,21). The van der Waals surface area contributed by atoms with E-state index in [1.807, 2.05) is 41.5 Å². The predicted molar refractivity (Wildman–Crippen MR) is 104 cm³/mol. The number of esters is 1. The normalized spacial score (nSPS) is 12.9. The summed E-state index contributed by atoms with van der Waals surface area (Å²) < 4.78 is 9.91. The molecule has 8 heteroatoms. The number of hydrogen-bond acceptors (Lipinski definition) is 6. The summed E-state index contributed by atoms with van der Waals surface area (Å²) in [5.74, 6) is 0.541. The molecule has 0 saturated carbocycles. The third kappa shape index (κ3) is 13.8. The highest BCUT2D eigenvalue weighted by atomic mass is 32.2. The number of carbonyl (C=O) groups is 3. The molecule has 1 unspecified atom stereocenters. The van der Waals surface area contributed by atoms with Crippen LogP contribution in [0.15, 0.2) is 0 Å². The molecule has 0 bridgehead atoms. The molecule has 0 radical (unpaired) electrons. The lowest BCUT2D eigenvalue weighted by Crippen LogP contribution is -2.44. The number of hydrogen-bond donors (Lipinski definition) is 2. The maximum absolute atomic E-state index is 12.0. The van der Waals surface area contributed by atoms with Crippen molar-refractivity contribution in [3.05, 3.63) is 0 Å². The molecule has 2 amide bonds. The topological polar surface area (TPSA) is 93.7 Å². The number of alkyl carbamates (subject to hydrolysis) is 1. The number of rotatable bonds is 9. The SMILES string of the molecule is COC(=O)C(CSCCCNC(=O)OC(C)(C)C)NC(=O)CC(C)(C)C. The van der Waals surface area contributed by atoms with E-state index >= 15 is 0 Å². The Bertz CT molecular complexity index is 469. The van der Waals surface area contributed by atoms with Crippen molar-refractivity contribution >= 4 is 29.7 Å². The fourth-order valence-electron chi connectivity index (χ4n) is 1.92. The van der Waals surface area contributed by atoms with E-state index in [-0.39, 0.29) is 11.3 Å². The van der Waals surface area contributed by atoms with Gasteiger partial charge in [-0.15, -0.1) is 0 Å². The summed E-state index contributed by atoms with van der Waals surface area (Å²) in [6.45, 7) is 11.8. The summed E-state index contributed by atoms with van der Waals surface area (Å²) in [7, 11) is 1.31. The Morgan fingerprint density at radius 1 is 1.08 bits per heavy atom. The molecular weight excluding hydrogens is 356 g/mol. The lowest BCUT2D eigenvalue weighted by atomic mass is 9.92. The summed E-state index contributed by atoms with van der Waals surface area (Å²) in [6, 6.07) is -0.668. The van der Waals surface area contributed by atoms with Gasteiger partial charge in [0, 0.05) is 18.7 Å².